The first kappa shape index (κ1) is 13.9. The fourth-order valence-corrected chi connectivity index (χ4v) is 2.77. The fraction of sp³-hybridized carbons (Fsp3) is 0.294. The number of fused-ring (bicyclic) bond motifs is 1. The molecule has 0 spiro atoms. The zero-order valence-corrected chi connectivity index (χ0v) is 12.2. The molecule has 3 nitrogen and oxygen atoms in total. The van der Waals surface area contributed by atoms with Crippen molar-refractivity contribution in [3.63, 3.8) is 0 Å². The van der Waals surface area contributed by atoms with Crippen LogP contribution < -0.4 is 14.8 Å². The average molecular weight is 287 g/mol. The van der Waals surface area contributed by atoms with Crippen molar-refractivity contribution in [1.29, 1.82) is 0 Å². The average Bonchev–Trinajstić information content (AvgIpc) is 2.97. The Kier molecular flexibility index (Phi) is 3.80. The first-order valence-electron chi connectivity index (χ1n) is 6.99. The molecule has 1 unspecified atom stereocenters. The van der Waals surface area contributed by atoms with E-state index in [9.17, 15) is 4.39 Å². The Hall–Kier alpha value is -2.07. The van der Waals surface area contributed by atoms with Gasteiger partial charge in [-0.1, -0.05) is 18.2 Å². The van der Waals surface area contributed by atoms with E-state index in [-0.39, 0.29) is 17.6 Å². The summed E-state index contributed by atoms with van der Waals surface area (Å²) < 4.78 is 24.2. The van der Waals surface area contributed by atoms with Gasteiger partial charge in [0.15, 0.2) is 11.6 Å². The predicted octanol–water partition coefficient (Wildman–Crippen LogP) is 3.08. The maximum absolute atomic E-state index is 13.6. The molecule has 2 aromatic carbocycles. The van der Waals surface area contributed by atoms with E-state index in [1.54, 1.807) is 12.1 Å². The minimum absolute atomic E-state index is 0.00889. The molecule has 3 rings (SSSR count). The molecule has 0 radical (unpaired) electrons. The maximum Gasteiger partial charge on any atom is 0.165 e. The molecular weight excluding hydrogens is 269 g/mol. The van der Waals surface area contributed by atoms with Crippen LogP contribution in [0.25, 0.3) is 0 Å². The van der Waals surface area contributed by atoms with Crippen molar-refractivity contribution in [3.05, 3.63) is 58.9 Å². The summed E-state index contributed by atoms with van der Waals surface area (Å²) in [5.41, 5.74) is 3.33. The normalized spacial score (nSPS) is 14.4. The van der Waals surface area contributed by atoms with Crippen LogP contribution in [0.15, 0.2) is 36.4 Å². The number of hydrogen-bond acceptors (Lipinski definition) is 3. The van der Waals surface area contributed by atoms with Crippen molar-refractivity contribution < 1.29 is 13.9 Å². The Morgan fingerprint density at radius 3 is 2.71 bits per heavy atom. The summed E-state index contributed by atoms with van der Waals surface area (Å²) in [6, 6.07) is 11.1. The van der Waals surface area contributed by atoms with Crippen LogP contribution in [0.3, 0.4) is 0 Å². The Morgan fingerprint density at radius 2 is 1.95 bits per heavy atom. The van der Waals surface area contributed by atoms with E-state index in [4.69, 9.17) is 9.47 Å². The lowest BCUT2D eigenvalue weighted by Gasteiger charge is -2.19. The summed E-state index contributed by atoms with van der Waals surface area (Å²) in [5, 5.41) is 3.28. The fourth-order valence-electron chi connectivity index (χ4n) is 2.77. The Bertz CT molecular complexity index is 646. The SMILES string of the molecule is CNC(c1ccc2c(c1)CCO2)c1ccc(F)c(OC)c1. The van der Waals surface area contributed by atoms with E-state index >= 15 is 0 Å². The molecule has 0 aromatic heterocycles. The number of rotatable bonds is 4. The first-order valence-corrected chi connectivity index (χ1v) is 6.99. The second-order valence-electron chi connectivity index (χ2n) is 5.08. The Labute approximate surface area is 123 Å². The Morgan fingerprint density at radius 1 is 1.19 bits per heavy atom. The van der Waals surface area contributed by atoms with E-state index < -0.39 is 0 Å². The summed E-state index contributed by atoms with van der Waals surface area (Å²) in [7, 11) is 3.37. The Balaban J connectivity index is 1.98. The number of ether oxygens (including phenoxy) is 2. The molecule has 1 N–H and O–H groups in total. The van der Waals surface area contributed by atoms with Crippen LogP contribution in [0, 0.1) is 5.82 Å². The van der Waals surface area contributed by atoms with Crippen molar-refractivity contribution >= 4 is 0 Å². The lowest BCUT2D eigenvalue weighted by molar-refractivity contribution is 0.357. The maximum atomic E-state index is 13.6. The van der Waals surface area contributed by atoms with Gasteiger partial charge in [-0.05, 0) is 41.9 Å². The summed E-state index contributed by atoms with van der Waals surface area (Å²) in [5.74, 6) is 0.876. The third-order valence-electron chi connectivity index (χ3n) is 3.84. The van der Waals surface area contributed by atoms with Gasteiger partial charge in [0.05, 0.1) is 19.8 Å². The molecule has 1 aliphatic heterocycles. The molecule has 1 aliphatic rings. The highest BCUT2D eigenvalue weighted by molar-refractivity contribution is 5.44. The first-order chi connectivity index (χ1) is 10.2. The van der Waals surface area contributed by atoms with Crippen LogP contribution in [0.2, 0.25) is 0 Å². The van der Waals surface area contributed by atoms with Crippen LogP contribution in [0.5, 0.6) is 11.5 Å². The van der Waals surface area contributed by atoms with Gasteiger partial charge in [0.25, 0.3) is 0 Å². The highest BCUT2D eigenvalue weighted by atomic mass is 19.1. The molecule has 0 fully saturated rings. The lowest BCUT2D eigenvalue weighted by atomic mass is 9.96. The molecule has 4 heteroatoms. The van der Waals surface area contributed by atoms with E-state index in [1.807, 2.05) is 19.2 Å². The number of halogens is 1. The van der Waals surface area contributed by atoms with Gasteiger partial charge in [-0.3, -0.25) is 0 Å². The molecular formula is C17H18FNO2. The van der Waals surface area contributed by atoms with Gasteiger partial charge in [-0.25, -0.2) is 4.39 Å². The van der Waals surface area contributed by atoms with Crippen LogP contribution in [-0.2, 0) is 6.42 Å². The number of methoxy groups -OCH3 is 1. The lowest BCUT2D eigenvalue weighted by Crippen LogP contribution is -2.18. The molecule has 0 amide bonds. The van der Waals surface area contributed by atoms with Crippen molar-refractivity contribution in [2.45, 2.75) is 12.5 Å². The van der Waals surface area contributed by atoms with Gasteiger partial charge < -0.3 is 14.8 Å². The van der Waals surface area contributed by atoms with Crippen molar-refractivity contribution in [2.75, 3.05) is 20.8 Å². The van der Waals surface area contributed by atoms with Gasteiger partial charge >= 0.3 is 0 Å². The number of hydrogen-bond donors (Lipinski definition) is 1. The predicted molar refractivity (Wildman–Crippen MR) is 79.5 cm³/mol. The number of nitrogens with one attached hydrogen (secondary N) is 1. The van der Waals surface area contributed by atoms with Gasteiger partial charge in [0.1, 0.15) is 5.75 Å². The third kappa shape index (κ3) is 2.59. The smallest absolute Gasteiger partial charge is 0.165 e. The molecule has 110 valence electrons. The van der Waals surface area contributed by atoms with Gasteiger partial charge in [-0.2, -0.15) is 0 Å². The second kappa shape index (κ2) is 5.74. The summed E-state index contributed by atoms with van der Waals surface area (Å²) in [6.45, 7) is 0.743. The third-order valence-corrected chi connectivity index (χ3v) is 3.84. The van der Waals surface area contributed by atoms with Crippen LogP contribution in [0.4, 0.5) is 4.39 Å². The highest BCUT2D eigenvalue weighted by Crippen LogP contribution is 2.32. The van der Waals surface area contributed by atoms with Gasteiger partial charge in [0.2, 0.25) is 0 Å². The van der Waals surface area contributed by atoms with E-state index in [0.717, 1.165) is 29.9 Å². The van der Waals surface area contributed by atoms with Gasteiger partial charge in [-0.15, -0.1) is 0 Å². The van der Waals surface area contributed by atoms with Crippen molar-refractivity contribution in [3.8, 4) is 11.5 Å². The molecule has 0 saturated heterocycles. The van der Waals surface area contributed by atoms with E-state index in [2.05, 4.69) is 11.4 Å². The van der Waals surface area contributed by atoms with Gasteiger partial charge in [0, 0.05) is 6.42 Å². The topological polar surface area (TPSA) is 30.5 Å². The molecule has 0 saturated carbocycles. The second-order valence-corrected chi connectivity index (χ2v) is 5.08. The van der Waals surface area contributed by atoms with Crippen LogP contribution in [-0.4, -0.2) is 20.8 Å². The zero-order chi connectivity index (χ0) is 14.8. The monoisotopic (exact) mass is 287 g/mol. The molecule has 2 aromatic rings. The quantitative estimate of drug-likeness (QED) is 0.937. The van der Waals surface area contributed by atoms with E-state index in [0.29, 0.717) is 0 Å². The van der Waals surface area contributed by atoms with E-state index in [1.165, 1.54) is 18.7 Å². The number of benzene rings is 2. The zero-order valence-electron chi connectivity index (χ0n) is 12.2. The standard InChI is InChI=1S/C17H18FNO2/c1-19-17(13-3-5-14(18)16(10-13)20-2)12-4-6-15-11(9-12)7-8-21-15/h3-6,9-10,17,19H,7-8H2,1-2H3. The highest BCUT2D eigenvalue weighted by Gasteiger charge is 2.18. The van der Waals surface area contributed by atoms with Crippen LogP contribution >= 0.6 is 0 Å². The molecule has 1 heterocycles. The minimum atomic E-state index is -0.349. The van der Waals surface area contributed by atoms with Crippen molar-refractivity contribution in [1.82, 2.24) is 5.32 Å². The minimum Gasteiger partial charge on any atom is -0.494 e. The summed E-state index contributed by atoms with van der Waals surface area (Å²) in [4.78, 5) is 0. The molecule has 0 aliphatic carbocycles. The van der Waals surface area contributed by atoms with Crippen LogP contribution in [0.1, 0.15) is 22.7 Å². The largest absolute Gasteiger partial charge is 0.494 e. The summed E-state index contributed by atoms with van der Waals surface area (Å²) >= 11 is 0. The summed E-state index contributed by atoms with van der Waals surface area (Å²) in [6.07, 6.45) is 0.937. The van der Waals surface area contributed by atoms with Crippen molar-refractivity contribution in [2.24, 2.45) is 0 Å². The molecule has 0 bridgehead atoms. The molecule has 1 atom stereocenters. The molecule has 21 heavy (non-hydrogen) atoms.